The van der Waals surface area contributed by atoms with E-state index in [1.165, 1.54) is 10.6 Å². The Hall–Kier alpha value is -2.20. The van der Waals surface area contributed by atoms with Crippen molar-refractivity contribution < 1.29 is 0 Å². The molecule has 3 rings (SSSR count). The van der Waals surface area contributed by atoms with Gasteiger partial charge in [0, 0.05) is 6.04 Å². The standard InChI is InChI=1S/C19H14NPS/c20-15-16-11-13-19(14-12-16)21(22,17-7-3-1-4-8-17)18-9-5-2-6-10-18/h1-14H. The largest absolute Gasteiger partial charge is 0.192 e. The highest BCUT2D eigenvalue weighted by molar-refractivity contribution is 8.25. The fourth-order valence-electron chi connectivity index (χ4n) is 2.47. The number of nitrogens with zero attached hydrogens (tertiary/aromatic N) is 1. The summed E-state index contributed by atoms with van der Waals surface area (Å²) in [6.45, 7) is 0. The van der Waals surface area contributed by atoms with Crippen molar-refractivity contribution in [1.29, 1.82) is 5.26 Å². The summed E-state index contributed by atoms with van der Waals surface area (Å²) >= 11 is 6.21. The predicted octanol–water partition coefficient (Wildman–Crippen LogP) is 3.31. The normalized spacial score (nSPS) is 10.9. The molecule has 0 saturated heterocycles. The van der Waals surface area contributed by atoms with Crippen LogP contribution in [0.25, 0.3) is 0 Å². The van der Waals surface area contributed by atoms with E-state index in [2.05, 4.69) is 30.3 Å². The average molecular weight is 319 g/mol. The van der Waals surface area contributed by atoms with Crippen molar-refractivity contribution >= 4 is 33.8 Å². The van der Waals surface area contributed by atoms with Crippen LogP contribution >= 0.6 is 6.04 Å². The summed E-state index contributed by atoms with van der Waals surface area (Å²) in [6.07, 6.45) is 0. The first-order valence-corrected chi connectivity index (χ1v) is 9.77. The van der Waals surface area contributed by atoms with Crippen LogP contribution in [0.4, 0.5) is 0 Å². The Bertz CT molecular complexity index is 806. The smallest absolute Gasteiger partial charge is 0.0991 e. The second-order valence-electron chi connectivity index (χ2n) is 4.94. The molecule has 0 unspecified atom stereocenters. The number of benzene rings is 3. The van der Waals surface area contributed by atoms with Gasteiger partial charge in [-0.1, -0.05) is 84.6 Å². The predicted molar refractivity (Wildman–Crippen MR) is 97.2 cm³/mol. The van der Waals surface area contributed by atoms with Gasteiger partial charge in [0.25, 0.3) is 0 Å². The van der Waals surface area contributed by atoms with Crippen LogP contribution in [0.2, 0.25) is 0 Å². The van der Waals surface area contributed by atoms with Crippen LogP contribution < -0.4 is 15.9 Å². The zero-order valence-electron chi connectivity index (χ0n) is 11.9. The van der Waals surface area contributed by atoms with Crippen LogP contribution in [-0.4, -0.2) is 0 Å². The van der Waals surface area contributed by atoms with Gasteiger partial charge >= 0.3 is 0 Å². The van der Waals surface area contributed by atoms with E-state index >= 15 is 0 Å². The molecule has 0 aliphatic heterocycles. The molecule has 0 fully saturated rings. The Morgan fingerprint density at radius 2 is 1.05 bits per heavy atom. The van der Waals surface area contributed by atoms with Gasteiger partial charge in [-0.15, -0.1) is 0 Å². The Kier molecular flexibility index (Phi) is 4.20. The van der Waals surface area contributed by atoms with E-state index in [9.17, 15) is 0 Å². The Labute approximate surface area is 135 Å². The molecular weight excluding hydrogens is 305 g/mol. The zero-order valence-corrected chi connectivity index (χ0v) is 13.6. The van der Waals surface area contributed by atoms with Crippen molar-refractivity contribution in [3.8, 4) is 6.07 Å². The van der Waals surface area contributed by atoms with E-state index in [1.807, 2.05) is 60.7 Å². The molecule has 0 saturated carbocycles. The van der Waals surface area contributed by atoms with E-state index in [0.29, 0.717) is 5.56 Å². The Morgan fingerprint density at radius 1 is 0.636 bits per heavy atom. The van der Waals surface area contributed by atoms with Gasteiger partial charge in [-0.3, -0.25) is 0 Å². The summed E-state index contributed by atoms with van der Waals surface area (Å²) < 4.78 is 0. The van der Waals surface area contributed by atoms with Crippen LogP contribution in [0, 0.1) is 11.3 Å². The second-order valence-corrected chi connectivity index (χ2v) is 9.35. The van der Waals surface area contributed by atoms with Gasteiger partial charge in [-0.25, -0.2) is 0 Å². The molecular formula is C19H14NPS. The maximum Gasteiger partial charge on any atom is 0.0991 e. The summed E-state index contributed by atoms with van der Waals surface area (Å²) in [5.74, 6) is 0. The van der Waals surface area contributed by atoms with Gasteiger partial charge < -0.3 is 0 Å². The molecule has 0 bridgehead atoms. The summed E-state index contributed by atoms with van der Waals surface area (Å²) in [6, 6.07) is 28.3. The molecule has 0 heterocycles. The number of hydrogen-bond donors (Lipinski definition) is 0. The highest BCUT2D eigenvalue weighted by Gasteiger charge is 2.24. The maximum absolute atomic E-state index is 9.00. The van der Waals surface area contributed by atoms with Gasteiger partial charge in [0.1, 0.15) is 0 Å². The molecule has 0 amide bonds. The van der Waals surface area contributed by atoms with E-state index < -0.39 is 6.04 Å². The van der Waals surface area contributed by atoms with Crippen molar-refractivity contribution in [2.24, 2.45) is 0 Å². The third-order valence-corrected chi connectivity index (χ3v) is 8.57. The summed E-state index contributed by atoms with van der Waals surface area (Å²) in [5, 5.41) is 12.4. The second kappa shape index (κ2) is 6.28. The first-order valence-electron chi connectivity index (χ1n) is 6.97. The highest BCUT2D eigenvalue weighted by Crippen LogP contribution is 2.42. The van der Waals surface area contributed by atoms with E-state index in [0.717, 1.165) is 5.30 Å². The molecule has 0 atom stereocenters. The third kappa shape index (κ3) is 2.62. The van der Waals surface area contributed by atoms with Crippen LogP contribution in [0.15, 0.2) is 84.9 Å². The minimum Gasteiger partial charge on any atom is -0.192 e. The van der Waals surface area contributed by atoms with Crippen LogP contribution in [-0.2, 0) is 11.8 Å². The minimum atomic E-state index is -2.08. The van der Waals surface area contributed by atoms with Crippen molar-refractivity contribution in [2.45, 2.75) is 0 Å². The Morgan fingerprint density at radius 3 is 1.45 bits per heavy atom. The average Bonchev–Trinajstić information content (AvgIpc) is 2.62. The lowest BCUT2D eigenvalue weighted by atomic mass is 10.2. The van der Waals surface area contributed by atoms with E-state index in [1.54, 1.807) is 0 Å². The van der Waals surface area contributed by atoms with Gasteiger partial charge in [0.15, 0.2) is 0 Å². The zero-order chi connectivity index (χ0) is 15.4. The molecule has 0 aliphatic carbocycles. The van der Waals surface area contributed by atoms with Crippen LogP contribution in [0.3, 0.4) is 0 Å². The molecule has 106 valence electrons. The molecule has 22 heavy (non-hydrogen) atoms. The third-order valence-electron chi connectivity index (χ3n) is 3.60. The first-order chi connectivity index (χ1) is 10.7. The molecule has 0 radical (unpaired) electrons. The lowest BCUT2D eigenvalue weighted by Crippen LogP contribution is -2.24. The molecule has 0 aliphatic rings. The fraction of sp³-hybridized carbons (Fsp3) is 0. The van der Waals surface area contributed by atoms with Crippen LogP contribution in [0.5, 0.6) is 0 Å². The topological polar surface area (TPSA) is 23.8 Å². The number of nitriles is 1. The first kappa shape index (κ1) is 14.7. The van der Waals surface area contributed by atoms with E-state index in [-0.39, 0.29) is 0 Å². The Balaban J connectivity index is 2.24. The molecule has 3 heteroatoms. The quantitative estimate of drug-likeness (QED) is 0.692. The molecule has 0 spiro atoms. The molecule has 0 N–H and O–H groups in total. The number of rotatable bonds is 3. The van der Waals surface area contributed by atoms with Gasteiger partial charge in [0.2, 0.25) is 0 Å². The van der Waals surface area contributed by atoms with Crippen molar-refractivity contribution in [3.05, 3.63) is 90.5 Å². The van der Waals surface area contributed by atoms with Crippen LogP contribution in [0.1, 0.15) is 5.56 Å². The van der Waals surface area contributed by atoms with Crippen molar-refractivity contribution in [2.75, 3.05) is 0 Å². The van der Waals surface area contributed by atoms with Crippen molar-refractivity contribution in [3.63, 3.8) is 0 Å². The maximum atomic E-state index is 9.00. The monoisotopic (exact) mass is 319 g/mol. The molecule has 3 aromatic rings. The molecule has 3 aromatic carbocycles. The summed E-state index contributed by atoms with van der Waals surface area (Å²) in [7, 11) is 0. The number of hydrogen-bond acceptors (Lipinski definition) is 2. The molecule has 1 nitrogen and oxygen atoms in total. The van der Waals surface area contributed by atoms with Gasteiger partial charge in [-0.05, 0) is 28.0 Å². The lowest BCUT2D eigenvalue weighted by molar-refractivity contribution is 1.49. The minimum absolute atomic E-state index is 0.659. The lowest BCUT2D eigenvalue weighted by Gasteiger charge is -2.24. The van der Waals surface area contributed by atoms with Gasteiger partial charge in [0.05, 0.1) is 11.6 Å². The highest BCUT2D eigenvalue weighted by atomic mass is 32.4. The molecule has 0 aromatic heterocycles. The summed E-state index contributed by atoms with van der Waals surface area (Å²) in [4.78, 5) is 0. The SMILES string of the molecule is N#Cc1ccc(P(=S)(c2ccccc2)c2ccccc2)cc1. The fourth-order valence-corrected chi connectivity index (χ4v) is 6.21. The van der Waals surface area contributed by atoms with Crippen molar-refractivity contribution in [1.82, 2.24) is 0 Å². The van der Waals surface area contributed by atoms with Gasteiger partial charge in [-0.2, -0.15) is 5.26 Å². The van der Waals surface area contributed by atoms with E-state index in [4.69, 9.17) is 17.1 Å². The summed E-state index contributed by atoms with van der Waals surface area (Å²) in [5.41, 5.74) is 0.659.